The van der Waals surface area contributed by atoms with Crippen LogP contribution in [0.1, 0.15) is 21.9 Å². The zero-order valence-corrected chi connectivity index (χ0v) is 13.7. The molecule has 0 unspecified atom stereocenters. The van der Waals surface area contributed by atoms with Gasteiger partial charge in [-0.25, -0.2) is 19.2 Å². The molecule has 1 amide bonds. The van der Waals surface area contributed by atoms with Gasteiger partial charge < -0.3 is 5.32 Å². The molecular formula is C17H15N7O. The van der Waals surface area contributed by atoms with Gasteiger partial charge in [0.25, 0.3) is 5.91 Å². The fraction of sp³-hybridized carbons (Fsp3) is 0.118. The van der Waals surface area contributed by atoms with Crippen LogP contribution in [0, 0.1) is 13.8 Å². The van der Waals surface area contributed by atoms with E-state index in [1.807, 2.05) is 25.1 Å². The Labute approximate surface area is 143 Å². The molecule has 0 saturated heterocycles. The molecule has 0 atom stereocenters. The van der Waals surface area contributed by atoms with Gasteiger partial charge in [0.1, 0.15) is 5.82 Å². The van der Waals surface area contributed by atoms with Crippen molar-refractivity contribution in [2.75, 3.05) is 5.32 Å². The van der Waals surface area contributed by atoms with Crippen LogP contribution >= 0.6 is 0 Å². The van der Waals surface area contributed by atoms with Crippen molar-refractivity contribution in [3.63, 3.8) is 0 Å². The fourth-order valence-corrected chi connectivity index (χ4v) is 2.64. The first-order valence-electron chi connectivity index (χ1n) is 7.73. The number of pyridine rings is 2. The van der Waals surface area contributed by atoms with Gasteiger partial charge in [0.15, 0.2) is 11.5 Å². The minimum absolute atomic E-state index is 0.256. The van der Waals surface area contributed by atoms with Crippen LogP contribution in [0.5, 0.6) is 0 Å². The maximum absolute atomic E-state index is 12.7. The van der Waals surface area contributed by atoms with Gasteiger partial charge in [-0.15, -0.1) is 0 Å². The summed E-state index contributed by atoms with van der Waals surface area (Å²) in [5.74, 6) is 1.04. The summed E-state index contributed by atoms with van der Waals surface area (Å²) in [6.07, 6.45) is 5.01. The molecule has 0 aliphatic carbocycles. The Morgan fingerprint density at radius 2 is 2.04 bits per heavy atom. The average Bonchev–Trinajstić information content (AvgIpc) is 3.18. The summed E-state index contributed by atoms with van der Waals surface area (Å²) in [4.78, 5) is 21.3. The maximum Gasteiger partial charge on any atom is 0.259 e. The molecule has 4 aromatic heterocycles. The molecule has 0 saturated carbocycles. The highest BCUT2D eigenvalue weighted by atomic mass is 16.1. The van der Waals surface area contributed by atoms with Gasteiger partial charge in [-0.3, -0.25) is 4.79 Å². The second-order valence-electron chi connectivity index (χ2n) is 5.55. The summed E-state index contributed by atoms with van der Waals surface area (Å²) < 4.78 is 3.27. The number of aromatic nitrogens is 6. The largest absolute Gasteiger partial charge is 0.319 e. The Kier molecular flexibility index (Phi) is 3.50. The van der Waals surface area contributed by atoms with Crippen LogP contribution in [-0.4, -0.2) is 35.3 Å². The predicted octanol–water partition coefficient (Wildman–Crippen LogP) is 2.18. The molecule has 4 rings (SSSR count). The van der Waals surface area contributed by atoms with E-state index in [0.717, 1.165) is 0 Å². The monoisotopic (exact) mass is 333 g/mol. The number of fused-ring (bicyclic) bond motifs is 1. The van der Waals surface area contributed by atoms with Crippen molar-refractivity contribution in [3.05, 3.63) is 66.0 Å². The topological polar surface area (TPSA) is 90.0 Å². The van der Waals surface area contributed by atoms with Gasteiger partial charge >= 0.3 is 0 Å². The van der Waals surface area contributed by atoms with Crippen LogP contribution < -0.4 is 5.32 Å². The molecule has 4 heterocycles. The average molecular weight is 333 g/mol. The van der Waals surface area contributed by atoms with Crippen molar-refractivity contribution in [2.24, 2.45) is 0 Å². The standard InChI is InChI=1S/C17H15N7O/c1-11-13(10-19-24(11)15-7-3-4-8-18-15)17(25)21-14-6-5-9-23-16(14)20-12(2)22-23/h3-10H,1-2H3,(H,21,25). The molecule has 4 aromatic rings. The lowest BCUT2D eigenvalue weighted by molar-refractivity contribution is 0.102. The first kappa shape index (κ1) is 15.0. The van der Waals surface area contributed by atoms with Crippen molar-refractivity contribution in [1.82, 2.24) is 29.4 Å². The Morgan fingerprint density at radius 3 is 2.84 bits per heavy atom. The van der Waals surface area contributed by atoms with Gasteiger partial charge in [-0.05, 0) is 38.1 Å². The lowest BCUT2D eigenvalue weighted by atomic mass is 10.2. The number of nitrogens with zero attached hydrogens (tertiary/aromatic N) is 6. The van der Waals surface area contributed by atoms with Gasteiger partial charge in [-0.1, -0.05) is 6.07 Å². The number of rotatable bonds is 3. The minimum Gasteiger partial charge on any atom is -0.319 e. The molecule has 0 aliphatic heterocycles. The number of nitrogens with one attached hydrogen (secondary N) is 1. The molecule has 0 aromatic carbocycles. The van der Waals surface area contributed by atoms with E-state index in [4.69, 9.17) is 0 Å². The SMILES string of the molecule is Cc1nc2c(NC(=O)c3cnn(-c4ccccn4)c3C)cccn2n1. The number of amides is 1. The van der Waals surface area contributed by atoms with Gasteiger partial charge in [0.2, 0.25) is 0 Å². The molecule has 0 bridgehead atoms. The van der Waals surface area contributed by atoms with Gasteiger partial charge in [-0.2, -0.15) is 10.2 Å². The summed E-state index contributed by atoms with van der Waals surface area (Å²) in [6.45, 7) is 3.64. The lowest BCUT2D eigenvalue weighted by Gasteiger charge is -2.06. The number of carbonyl (C=O) groups excluding carboxylic acids is 1. The second kappa shape index (κ2) is 5.82. The minimum atomic E-state index is -0.256. The van der Waals surface area contributed by atoms with Gasteiger partial charge in [0.05, 0.1) is 23.1 Å². The second-order valence-corrected chi connectivity index (χ2v) is 5.55. The van der Waals surface area contributed by atoms with E-state index in [0.29, 0.717) is 34.2 Å². The number of aryl methyl sites for hydroxylation is 1. The van der Waals surface area contributed by atoms with Crippen molar-refractivity contribution >= 4 is 17.2 Å². The fourth-order valence-electron chi connectivity index (χ4n) is 2.64. The van der Waals surface area contributed by atoms with Crippen LogP contribution in [0.15, 0.2) is 48.9 Å². The summed E-state index contributed by atoms with van der Waals surface area (Å²) in [6, 6.07) is 9.14. The van der Waals surface area contributed by atoms with E-state index >= 15 is 0 Å². The Bertz CT molecular complexity index is 1070. The highest BCUT2D eigenvalue weighted by molar-refractivity contribution is 6.06. The number of carbonyl (C=O) groups is 1. The third kappa shape index (κ3) is 2.63. The van der Waals surface area contributed by atoms with E-state index in [-0.39, 0.29) is 5.91 Å². The molecule has 0 aliphatic rings. The first-order chi connectivity index (χ1) is 12.1. The maximum atomic E-state index is 12.7. The van der Waals surface area contributed by atoms with E-state index in [9.17, 15) is 4.79 Å². The summed E-state index contributed by atoms with van der Waals surface area (Å²) >= 11 is 0. The molecule has 8 nitrogen and oxygen atoms in total. The van der Waals surface area contributed by atoms with Gasteiger partial charge in [0, 0.05) is 12.4 Å². The molecule has 1 N–H and O–H groups in total. The van der Waals surface area contributed by atoms with Crippen LogP contribution in [0.3, 0.4) is 0 Å². The van der Waals surface area contributed by atoms with Crippen molar-refractivity contribution in [3.8, 4) is 5.82 Å². The van der Waals surface area contributed by atoms with E-state index in [2.05, 4.69) is 25.5 Å². The van der Waals surface area contributed by atoms with Crippen molar-refractivity contribution < 1.29 is 4.79 Å². The molecular weight excluding hydrogens is 318 g/mol. The molecule has 0 radical (unpaired) electrons. The zero-order valence-electron chi connectivity index (χ0n) is 13.7. The van der Waals surface area contributed by atoms with E-state index < -0.39 is 0 Å². The first-order valence-corrected chi connectivity index (χ1v) is 7.73. The Balaban J connectivity index is 1.67. The lowest BCUT2D eigenvalue weighted by Crippen LogP contribution is -2.14. The quantitative estimate of drug-likeness (QED) is 0.620. The van der Waals surface area contributed by atoms with E-state index in [1.165, 1.54) is 6.20 Å². The highest BCUT2D eigenvalue weighted by Gasteiger charge is 2.17. The summed E-state index contributed by atoms with van der Waals surface area (Å²) in [7, 11) is 0. The number of hydrogen-bond donors (Lipinski definition) is 1. The third-order valence-electron chi connectivity index (χ3n) is 3.84. The summed E-state index contributed by atoms with van der Waals surface area (Å²) in [5.41, 5.74) is 2.38. The molecule has 0 fully saturated rings. The van der Waals surface area contributed by atoms with Crippen LogP contribution in [0.2, 0.25) is 0 Å². The molecule has 25 heavy (non-hydrogen) atoms. The third-order valence-corrected chi connectivity index (χ3v) is 3.84. The molecule has 0 spiro atoms. The smallest absolute Gasteiger partial charge is 0.259 e. The number of hydrogen-bond acceptors (Lipinski definition) is 5. The normalized spacial score (nSPS) is 11.0. The Hall–Kier alpha value is -3.55. The molecule has 8 heteroatoms. The van der Waals surface area contributed by atoms with Crippen LogP contribution in [0.4, 0.5) is 5.69 Å². The van der Waals surface area contributed by atoms with Crippen molar-refractivity contribution in [1.29, 1.82) is 0 Å². The van der Waals surface area contributed by atoms with Crippen LogP contribution in [0.25, 0.3) is 11.5 Å². The Morgan fingerprint density at radius 1 is 1.16 bits per heavy atom. The summed E-state index contributed by atoms with van der Waals surface area (Å²) in [5, 5.41) is 11.4. The predicted molar refractivity (Wildman–Crippen MR) is 91.8 cm³/mol. The molecule has 124 valence electrons. The zero-order chi connectivity index (χ0) is 17.4. The van der Waals surface area contributed by atoms with E-state index in [1.54, 1.807) is 40.6 Å². The highest BCUT2D eigenvalue weighted by Crippen LogP contribution is 2.18. The number of anilines is 1. The van der Waals surface area contributed by atoms with Crippen LogP contribution in [-0.2, 0) is 0 Å². The van der Waals surface area contributed by atoms with Crippen molar-refractivity contribution in [2.45, 2.75) is 13.8 Å².